The van der Waals surface area contributed by atoms with Crippen LogP contribution in [0.5, 0.6) is 0 Å². The van der Waals surface area contributed by atoms with Crippen LogP contribution in [-0.4, -0.2) is 40.6 Å². The fourth-order valence-corrected chi connectivity index (χ4v) is 4.60. The van der Waals surface area contributed by atoms with Crippen LogP contribution in [-0.2, 0) is 6.54 Å². The average Bonchev–Trinajstić information content (AvgIpc) is 3.05. The zero-order valence-electron chi connectivity index (χ0n) is 14.6. The van der Waals surface area contributed by atoms with Gasteiger partial charge in [-0.1, -0.05) is 42.5 Å². The molecule has 3 atom stereocenters. The van der Waals surface area contributed by atoms with Crippen molar-refractivity contribution in [3.8, 4) is 0 Å². The molecule has 0 radical (unpaired) electrons. The number of likely N-dealkylation sites (tertiary alicyclic amines) is 2. The number of carboxylic acid groups (broad SMARTS) is 1. The Bertz CT molecular complexity index is 765. The van der Waals surface area contributed by atoms with Gasteiger partial charge in [0.2, 0.25) is 0 Å². The number of rotatable bonds is 3. The summed E-state index contributed by atoms with van der Waals surface area (Å²) in [6, 6.07) is 16.5. The summed E-state index contributed by atoms with van der Waals surface area (Å²) < 4.78 is 13.3. The number of nitrogens with zero attached hydrogens (tertiary/aromatic N) is 2. The molecule has 136 valence electrons. The third kappa shape index (κ3) is 3.31. The Morgan fingerprint density at radius 1 is 1.08 bits per heavy atom. The second kappa shape index (κ2) is 7.08. The summed E-state index contributed by atoms with van der Waals surface area (Å²) >= 11 is 0. The Labute approximate surface area is 152 Å². The zero-order valence-corrected chi connectivity index (χ0v) is 14.6. The van der Waals surface area contributed by atoms with Gasteiger partial charge in [-0.15, -0.1) is 0 Å². The first kappa shape index (κ1) is 17.0. The van der Waals surface area contributed by atoms with Crippen LogP contribution in [0, 0.1) is 17.7 Å². The lowest BCUT2D eigenvalue weighted by atomic mass is 9.79. The van der Waals surface area contributed by atoms with E-state index in [4.69, 9.17) is 0 Å². The maximum absolute atomic E-state index is 13.3. The standard InChI is InChI=1S/C21H23FN2O2/c22-18-8-6-16(7-9-18)20-19-14-23(12-15-4-2-1-3-5-15)13-17(19)10-11-24(20)21(25)26/h1-9,17,19-20H,10-14H2,(H,25,26). The minimum Gasteiger partial charge on any atom is -0.465 e. The Morgan fingerprint density at radius 3 is 2.50 bits per heavy atom. The molecule has 4 nitrogen and oxygen atoms in total. The van der Waals surface area contributed by atoms with Crippen LogP contribution in [0.2, 0.25) is 0 Å². The number of hydrogen-bond donors (Lipinski definition) is 1. The Balaban J connectivity index is 1.58. The molecular weight excluding hydrogens is 331 g/mol. The molecule has 2 aliphatic heterocycles. The van der Waals surface area contributed by atoms with Crippen molar-refractivity contribution < 1.29 is 14.3 Å². The molecule has 1 N–H and O–H groups in total. The van der Waals surface area contributed by atoms with Crippen molar-refractivity contribution in [3.63, 3.8) is 0 Å². The number of fused-ring (bicyclic) bond motifs is 1. The molecule has 0 aliphatic carbocycles. The van der Waals surface area contributed by atoms with E-state index < -0.39 is 6.09 Å². The van der Waals surface area contributed by atoms with Gasteiger partial charge >= 0.3 is 6.09 Å². The smallest absolute Gasteiger partial charge is 0.407 e. The average molecular weight is 354 g/mol. The summed E-state index contributed by atoms with van der Waals surface area (Å²) in [5.41, 5.74) is 2.17. The van der Waals surface area contributed by atoms with Crippen molar-refractivity contribution in [2.75, 3.05) is 19.6 Å². The van der Waals surface area contributed by atoms with Crippen molar-refractivity contribution in [2.24, 2.45) is 11.8 Å². The second-order valence-electron chi connectivity index (χ2n) is 7.36. The van der Waals surface area contributed by atoms with Gasteiger partial charge < -0.3 is 10.0 Å². The van der Waals surface area contributed by atoms with E-state index >= 15 is 0 Å². The lowest BCUT2D eigenvalue weighted by Crippen LogP contribution is -2.45. The van der Waals surface area contributed by atoms with Crippen molar-refractivity contribution >= 4 is 6.09 Å². The molecule has 2 heterocycles. The molecule has 0 bridgehead atoms. The number of halogens is 1. The fraction of sp³-hybridized carbons (Fsp3) is 0.381. The van der Waals surface area contributed by atoms with Gasteiger partial charge in [-0.3, -0.25) is 4.90 Å². The van der Waals surface area contributed by atoms with E-state index in [0.717, 1.165) is 31.6 Å². The topological polar surface area (TPSA) is 43.8 Å². The number of amides is 1. The molecule has 2 aromatic rings. The van der Waals surface area contributed by atoms with E-state index in [-0.39, 0.29) is 17.8 Å². The molecule has 2 fully saturated rings. The van der Waals surface area contributed by atoms with Gasteiger partial charge in [-0.25, -0.2) is 9.18 Å². The van der Waals surface area contributed by atoms with Crippen LogP contribution in [0.1, 0.15) is 23.6 Å². The van der Waals surface area contributed by atoms with Crippen molar-refractivity contribution in [1.82, 2.24) is 9.80 Å². The number of benzene rings is 2. The van der Waals surface area contributed by atoms with Crippen LogP contribution in [0.15, 0.2) is 54.6 Å². The van der Waals surface area contributed by atoms with Crippen LogP contribution >= 0.6 is 0 Å². The van der Waals surface area contributed by atoms with Crippen LogP contribution < -0.4 is 0 Å². The van der Waals surface area contributed by atoms with Gasteiger partial charge in [-0.05, 0) is 35.6 Å². The van der Waals surface area contributed by atoms with E-state index in [1.54, 1.807) is 17.0 Å². The summed E-state index contributed by atoms with van der Waals surface area (Å²) in [5, 5.41) is 9.68. The van der Waals surface area contributed by atoms with Gasteiger partial charge in [0.05, 0.1) is 6.04 Å². The Kier molecular flexibility index (Phi) is 4.64. The lowest BCUT2D eigenvalue weighted by Gasteiger charge is -2.41. The molecule has 3 unspecified atom stereocenters. The van der Waals surface area contributed by atoms with E-state index in [0.29, 0.717) is 12.5 Å². The van der Waals surface area contributed by atoms with Gasteiger partial charge in [0.25, 0.3) is 0 Å². The largest absolute Gasteiger partial charge is 0.465 e. The van der Waals surface area contributed by atoms with E-state index in [9.17, 15) is 14.3 Å². The molecule has 0 spiro atoms. The third-order valence-electron chi connectivity index (χ3n) is 5.76. The van der Waals surface area contributed by atoms with Crippen molar-refractivity contribution in [1.29, 1.82) is 0 Å². The number of hydrogen-bond acceptors (Lipinski definition) is 2. The molecule has 0 saturated carbocycles. The molecule has 2 saturated heterocycles. The highest BCUT2D eigenvalue weighted by Gasteiger charge is 2.45. The molecule has 2 aromatic carbocycles. The molecule has 0 aromatic heterocycles. The summed E-state index contributed by atoms with van der Waals surface area (Å²) in [6.45, 7) is 3.28. The number of carbonyl (C=O) groups is 1. The summed E-state index contributed by atoms with van der Waals surface area (Å²) in [6.07, 6.45) is -0.000711. The molecule has 26 heavy (non-hydrogen) atoms. The maximum atomic E-state index is 13.3. The number of piperidine rings is 1. The highest BCUT2D eigenvalue weighted by Crippen LogP contribution is 2.44. The van der Waals surface area contributed by atoms with Crippen LogP contribution in [0.3, 0.4) is 0 Å². The van der Waals surface area contributed by atoms with Crippen molar-refractivity contribution in [2.45, 2.75) is 19.0 Å². The molecular formula is C21H23FN2O2. The van der Waals surface area contributed by atoms with Crippen molar-refractivity contribution in [3.05, 3.63) is 71.5 Å². The molecule has 2 aliphatic rings. The van der Waals surface area contributed by atoms with Gasteiger partial charge in [0, 0.05) is 32.1 Å². The SMILES string of the molecule is O=C(O)N1CCC2CN(Cc3ccccc3)CC2C1c1ccc(F)cc1. The first-order chi connectivity index (χ1) is 12.6. The summed E-state index contributed by atoms with van der Waals surface area (Å²) in [7, 11) is 0. The predicted octanol–water partition coefficient (Wildman–Crippen LogP) is 4.00. The Morgan fingerprint density at radius 2 is 1.81 bits per heavy atom. The third-order valence-corrected chi connectivity index (χ3v) is 5.76. The normalized spacial score (nSPS) is 25.9. The van der Waals surface area contributed by atoms with E-state index in [1.807, 2.05) is 18.2 Å². The molecule has 5 heteroatoms. The van der Waals surface area contributed by atoms with Gasteiger partial charge in [0.15, 0.2) is 0 Å². The summed E-state index contributed by atoms with van der Waals surface area (Å²) in [5.74, 6) is 0.429. The highest BCUT2D eigenvalue weighted by molar-refractivity contribution is 5.66. The lowest BCUT2D eigenvalue weighted by molar-refractivity contribution is 0.0647. The van der Waals surface area contributed by atoms with E-state index in [1.165, 1.54) is 17.7 Å². The zero-order chi connectivity index (χ0) is 18.1. The Hall–Kier alpha value is -2.40. The first-order valence-corrected chi connectivity index (χ1v) is 9.13. The highest BCUT2D eigenvalue weighted by atomic mass is 19.1. The minimum absolute atomic E-state index is 0.201. The monoisotopic (exact) mass is 354 g/mol. The van der Waals surface area contributed by atoms with Gasteiger partial charge in [-0.2, -0.15) is 0 Å². The first-order valence-electron chi connectivity index (χ1n) is 9.13. The fourth-order valence-electron chi connectivity index (χ4n) is 4.60. The predicted molar refractivity (Wildman–Crippen MR) is 97.2 cm³/mol. The van der Waals surface area contributed by atoms with Gasteiger partial charge in [0.1, 0.15) is 5.82 Å². The van der Waals surface area contributed by atoms with Crippen LogP contribution in [0.25, 0.3) is 0 Å². The van der Waals surface area contributed by atoms with E-state index in [2.05, 4.69) is 17.0 Å². The minimum atomic E-state index is -0.890. The maximum Gasteiger partial charge on any atom is 0.407 e. The molecule has 1 amide bonds. The second-order valence-corrected chi connectivity index (χ2v) is 7.36. The quantitative estimate of drug-likeness (QED) is 0.906. The summed E-state index contributed by atoms with van der Waals surface area (Å²) in [4.78, 5) is 15.8. The van der Waals surface area contributed by atoms with Crippen LogP contribution in [0.4, 0.5) is 9.18 Å². The molecule has 4 rings (SSSR count).